The van der Waals surface area contributed by atoms with Gasteiger partial charge in [-0.25, -0.2) is 0 Å². The van der Waals surface area contributed by atoms with E-state index < -0.39 is 5.41 Å². The number of hydrogen-bond donors (Lipinski definition) is 2. The first-order valence-corrected chi connectivity index (χ1v) is 5.55. The molecule has 0 amide bonds. The molecule has 0 unspecified atom stereocenters. The van der Waals surface area contributed by atoms with Crippen molar-refractivity contribution in [2.45, 2.75) is 19.3 Å². The second kappa shape index (κ2) is 5.99. The molecule has 90 valence electrons. The molecule has 3 nitrogen and oxygen atoms in total. The van der Waals surface area contributed by atoms with Gasteiger partial charge in [0.1, 0.15) is 0 Å². The molecule has 16 heavy (non-hydrogen) atoms. The van der Waals surface area contributed by atoms with Crippen LogP contribution in [0.15, 0.2) is 24.3 Å². The second-order valence-corrected chi connectivity index (χ2v) is 4.10. The summed E-state index contributed by atoms with van der Waals surface area (Å²) in [6.45, 7) is 4.56. The van der Waals surface area contributed by atoms with Crippen LogP contribution in [0.25, 0.3) is 0 Å². The SMILES string of the molecule is CCOCC(CO)(CO)c1cccc(C)c1. The quantitative estimate of drug-likeness (QED) is 0.764. The Morgan fingerprint density at radius 1 is 1.25 bits per heavy atom. The van der Waals surface area contributed by atoms with Gasteiger partial charge in [0, 0.05) is 6.61 Å². The molecule has 0 atom stereocenters. The Kier molecular flexibility index (Phi) is 4.93. The molecule has 0 aliphatic carbocycles. The molecule has 0 radical (unpaired) electrons. The lowest BCUT2D eigenvalue weighted by molar-refractivity contribution is 0.0248. The van der Waals surface area contributed by atoms with Crippen LogP contribution in [0.5, 0.6) is 0 Å². The number of aryl methyl sites for hydroxylation is 1. The maximum Gasteiger partial charge on any atom is 0.0648 e. The highest BCUT2D eigenvalue weighted by Crippen LogP contribution is 2.24. The lowest BCUT2D eigenvalue weighted by atomic mass is 9.82. The topological polar surface area (TPSA) is 49.7 Å². The van der Waals surface area contributed by atoms with E-state index >= 15 is 0 Å². The molecule has 1 aromatic carbocycles. The van der Waals surface area contributed by atoms with E-state index in [0.717, 1.165) is 11.1 Å². The molecule has 1 rings (SSSR count). The van der Waals surface area contributed by atoms with Crippen molar-refractivity contribution in [2.75, 3.05) is 26.4 Å². The zero-order valence-electron chi connectivity index (χ0n) is 9.94. The molecule has 0 heterocycles. The highest BCUT2D eigenvalue weighted by Gasteiger charge is 2.31. The van der Waals surface area contributed by atoms with Gasteiger partial charge >= 0.3 is 0 Å². The molecule has 0 aromatic heterocycles. The van der Waals surface area contributed by atoms with Gasteiger partial charge in [0.05, 0.1) is 25.2 Å². The van der Waals surface area contributed by atoms with E-state index in [1.54, 1.807) is 0 Å². The molecule has 0 spiro atoms. The number of aliphatic hydroxyl groups excluding tert-OH is 2. The predicted molar refractivity (Wildman–Crippen MR) is 63.5 cm³/mol. The van der Waals surface area contributed by atoms with Crippen molar-refractivity contribution in [2.24, 2.45) is 0 Å². The number of hydrogen-bond acceptors (Lipinski definition) is 3. The van der Waals surface area contributed by atoms with E-state index in [1.807, 2.05) is 38.1 Å². The fourth-order valence-electron chi connectivity index (χ4n) is 1.68. The Labute approximate surface area is 96.7 Å². The van der Waals surface area contributed by atoms with E-state index in [9.17, 15) is 10.2 Å². The normalized spacial score (nSPS) is 11.8. The zero-order chi connectivity index (χ0) is 12.0. The minimum Gasteiger partial charge on any atom is -0.395 e. The first-order valence-electron chi connectivity index (χ1n) is 5.55. The Balaban J connectivity index is 2.99. The van der Waals surface area contributed by atoms with Gasteiger partial charge in [0.15, 0.2) is 0 Å². The fourth-order valence-corrected chi connectivity index (χ4v) is 1.68. The Hall–Kier alpha value is -0.900. The molecule has 0 saturated heterocycles. The summed E-state index contributed by atoms with van der Waals surface area (Å²) < 4.78 is 5.36. The van der Waals surface area contributed by atoms with Crippen LogP contribution >= 0.6 is 0 Å². The van der Waals surface area contributed by atoms with Gasteiger partial charge in [-0.05, 0) is 19.4 Å². The number of aliphatic hydroxyl groups is 2. The van der Waals surface area contributed by atoms with Gasteiger partial charge in [0.2, 0.25) is 0 Å². The second-order valence-electron chi connectivity index (χ2n) is 4.10. The summed E-state index contributed by atoms with van der Waals surface area (Å²) >= 11 is 0. The first-order chi connectivity index (χ1) is 7.68. The summed E-state index contributed by atoms with van der Waals surface area (Å²) in [4.78, 5) is 0. The maximum absolute atomic E-state index is 9.51. The average Bonchev–Trinajstić information content (AvgIpc) is 2.31. The standard InChI is InChI=1S/C13H20O3/c1-3-16-10-13(8-14,9-15)12-6-4-5-11(2)7-12/h4-7,14-15H,3,8-10H2,1-2H3. The summed E-state index contributed by atoms with van der Waals surface area (Å²) in [6, 6.07) is 7.81. The Morgan fingerprint density at radius 3 is 2.44 bits per heavy atom. The van der Waals surface area contributed by atoms with Gasteiger partial charge in [-0.2, -0.15) is 0 Å². The van der Waals surface area contributed by atoms with Crippen molar-refractivity contribution in [3.05, 3.63) is 35.4 Å². The van der Waals surface area contributed by atoms with Gasteiger partial charge in [-0.1, -0.05) is 29.8 Å². The van der Waals surface area contributed by atoms with Crippen molar-refractivity contribution in [3.63, 3.8) is 0 Å². The van der Waals surface area contributed by atoms with E-state index in [1.165, 1.54) is 0 Å². The highest BCUT2D eigenvalue weighted by atomic mass is 16.5. The van der Waals surface area contributed by atoms with E-state index in [4.69, 9.17) is 4.74 Å². The summed E-state index contributed by atoms with van der Waals surface area (Å²) in [5.41, 5.74) is 1.34. The third kappa shape index (κ3) is 2.82. The number of ether oxygens (including phenoxy) is 1. The van der Waals surface area contributed by atoms with Crippen LogP contribution in [0.1, 0.15) is 18.1 Å². The third-order valence-electron chi connectivity index (χ3n) is 2.82. The molecule has 0 fully saturated rings. The van der Waals surface area contributed by atoms with E-state index in [-0.39, 0.29) is 13.2 Å². The average molecular weight is 224 g/mol. The van der Waals surface area contributed by atoms with Crippen LogP contribution in [0, 0.1) is 6.92 Å². The molecule has 0 aliphatic heterocycles. The van der Waals surface area contributed by atoms with Gasteiger partial charge in [0.25, 0.3) is 0 Å². The van der Waals surface area contributed by atoms with Crippen LogP contribution in [0.2, 0.25) is 0 Å². The minimum absolute atomic E-state index is 0.118. The number of rotatable bonds is 6. The summed E-state index contributed by atoms with van der Waals surface area (Å²) in [6.07, 6.45) is 0. The summed E-state index contributed by atoms with van der Waals surface area (Å²) in [5.74, 6) is 0. The summed E-state index contributed by atoms with van der Waals surface area (Å²) in [7, 11) is 0. The van der Waals surface area contributed by atoms with Crippen molar-refractivity contribution in [3.8, 4) is 0 Å². The molecule has 3 heteroatoms. The fraction of sp³-hybridized carbons (Fsp3) is 0.538. The molecular formula is C13H20O3. The third-order valence-corrected chi connectivity index (χ3v) is 2.82. The van der Waals surface area contributed by atoms with Gasteiger partial charge in [-0.15, -0.1) is 0 Å². The molecule has 0 saturated carbocycles. The van der Waals surface area contributed by atoms with Gasteiger partial charge < -0.3 is 14.9 Å². The van der Waals surface area contributed by atoms with Gasteiger partial charge in [-0.3, -0.25) is 0 Å². The molecule has 0 bridgehead atoms. The van der Waals surface area contributed by atoms with Crippen LogP contribution in [-0.4, -0.2) is 36.6 Å². The molecule has 0 aliphatic rings. The van der Waals surface area contributed by atoms with Crippen molar-refractivity contribution >= 4 is 0 Å². The lowest BCUT2D eigenvalue weighted by Crippen LogP contribution is -2.39. The molecule has 1 aromatic rings. The largest absolute Gasteiger partial charge is 0.395 e. The van der Waals surface area contributed by atoms with Crippen LogP contribution in [0.4, 0.5) is 0 Å². The smallest absolute Gasteiger partial charge is 0.0648 e. The van der Waals surface area contributed by atoms with Crippen LogP contribution < -0.4 is 0 Å². The lowest BCUT2D eigenvalue weighted by Gasteiger charge is -2.30. The van der Waals surface area contributed by atoms with E-state index in [0.29, 0.717) is 13.2 Å². The van der Waals surface area contributed by atoms with Crippen LogP contribution in [-0.2, 0) is 10.2 Å². The predicted octanol–water partition coefficient (Wildman–Crippen LogP) is 1.25. The monoisotopic (exact) mass is 224 g/mol. The van der Waals surface area contributed by atoms with E-state index in [2.05, 4.69) is 0 Å². The Bertz CT molecular complexity index is 319. The zero-order valence-corrected chi connectivity index (χ0v) is 9.94. The maximum atomic E-state index is 9.51. The minimum atomic E-state index is -0.692. The summed E-state index contributed by atoms with van der Waals surface area (Å²) in [5, 5.41) is 19.0. The first kappa shape index (κ1) is 13.2. The van der Waals surface area contributed by atoms with Crippen molar-refractivity contribution < 1.29 is 14.9 Å². The Morgan fingerprint density at radius 2 is 1.94 bits per heavy atom. The van der Waals surface area contributed by atoms with Crippen LogP contribution in [0.3, 0.4) is 0 Å². The molecule has 2 N–H and O–H groups in total. The molecular weight excluding hydrogens is 204 g/mol. The number of benzene rings is 1. The highest BCUT2D eigenvalue weighted by molar-refractivity contribution is 5.30. The van der Waals surface area contributed by atoms with Crippen molar-refractivity contribution in [1.82, 2.24) is 0 Å². The van der Waals surface area contributed by atoms with Crippen molar-refractivity contribution in [1.29, 1.82) is 0 Å².